The molecule has 0 heterocycles. The quantitative estimate of drug-likeness (QED) is 0.394. The molecule has 2 aromatic rings. The normalized spacial score (nSPS) is 11.5. The monoisotopic (exact) mass is 296 g/mol. The van der Waals surface area contributed by atoms with Crippen molar-refractivity contribution in [3.63, 3.8) is 0 Å². The third kappa shape index (κ3) is 3.25. The van der Waals surface area contributed by atoms with E-state index in [1.807, 2.05) is 0 Å². The maximum Gasteiger partial charge on any atom is 0.200 e. The summed E-state index contributed by atoms with van der Waals surface area (Å²) in [6.45, 7) is -0.202. The summed E-state index contributed by atoms with van der Waals surface area (Å²) >= 11 is 0. The van der Waals surface area contributed by atoms with Gasteiger partial charge in [-0.25, -0.2) is 8.78 Å². The van der Waals surface area contributed by atoms with E-state index in [0.717, 1.165) is 18.2 Å². The van der Waals surface area contributed by atoms with Crippen LogP contribution in [0.25, 0.3) is 0 Å². The van der Waals surface area contributed by atoms with Gasteiger partial charge >= 0.3 is 0 Å². The Morgan fingerprint density at radius 1 is 1.19 bits per heavy atom. The zero-order valence-electron chi connectivity index (χ0n) is 10.7. The topological polar surface area (TPSA) is 67.8 Å². The highest BCUT2D eigenvalue weighted by atomic mass is 19.2. The van der Waals surface area contributed by atoms with Crippen LogP contribution in [0.2, 0.25) is 0 Å². The Morgan fingerprint density at radius 2 is 1.95 bits per heavy atom. The van der Waals surface area contributed by atoms with Gasteiger partial charge in [-0.3, -0.25) is 0 Å². The minimum Gasteiger partial charge on any atom is -0.486 e. The van der Waals surface area contributed by atoms with Crippen molar-refractivity contribution in [3.05, 3.63) is 65.0 Å². The first-order valence-corrected chi connectivity index (χ1v) is 5.86. The Morgan fingerprint density at radius 3 is 2.67 bits per heavy atom. The van der Waals surface area contributed by atoms with Crippen LogP contribution in [0.4, 0.5) is 13.2 Å². The minimum absolute atomic E-state index is 0.106. The first-order chi connectivity index (χ1) is 10.0. The average molecular weight is 296 g/mol. The summed E-state index contributed by atoms with van der Waals surface area (Å²) in [4.78, 5) is 0. The van der Waals surface area contributed by atoms with Gasteiger partial charge in [0.25, 0.3) is 0 Å². The van der Waals surface area contributed by atoms with E-state index in [0.29, 0.717) is 5.56 Å². The van der Waals surface area contributed by atoms with Gasteiger partial charge in [0, 0.05) is 11.1 Å². The molecule has 0 unspecified atom stereocenters. The van der Waals surface area contributed by atoms with E-state index in [2.05, 4.69) is 5.16 Å². The van der Waals surface area contributed by atoms with Crippen LogP contribution in [-0.2, 0) is 6.61 Å². The molecule has 0 aliphatic carbocycles. The Hall–Kier alpha value is -2.70. The number of nitrogens with zero attached hydrogens (tertiary/aromatic N) is 1. The van der Waals surface area contributed by atoms with Crippen LogP contribution in [0.3, 0.4) is 0 Å². The fourth-order valence-electron chi connectivity index (χ4n) is 1.72. The van der Waals surface area contributed by atoms with E-state index in [1.165, 1.54) is 18.2 Å². The summed E-state index contributed by atoms with van der Waals surface area (Å²) in [7, 11) is 0. The maximum atomic E-state index is 13.4. The van der Waals surface area contributed by atoms with E-state index in [4.69, 9.17) is 15.7 Å². The van der Waals surface area contributed by atoms with E-state index < -0.39 is 17.5 Å². The maximum absolute atomic E-state index is 13.4. The summed E-state index contributed by atoms with van der Waals surface area (Å²) in [6.07, 6.45) is 0. The van der Waals surface area contributed by atoms with Crippen molar-refractivity contribution in [2.45, 2.75) is 6.61 Å². The van der Waals surface area contributed by atoms with Crippen molar-refractivity contribution < 1.29 is 23.1 Å². The number of nitrogens with two attached hydrogens (primary N) is 1. The van der Waals surface area contributed by atoms with E-state index in [9.17, 15) is 13.2 Å². The van der Waals surface area contributed by atoms with Gasteiger partial charge in [0.1, 0.15) is 12.4 Å². The van der Waals surface area contributed by atoms with Crippen LogP contribution >= 0.6 is 0 Å². The number of benzene rings is 2. The van der Waals surface area contributed by atoms with Gasteiger partial charge in [0.05, 0.1) is 0 Å². The average Bonchev–Trinajstić information content (AvgIpc) is 2.49. The molecular formula is C14H11F3N2O2. The van der Waals surface area contributed by atoms with Gasteiger partial charge in [-0.05, 0) is 24.3 Å². The number of halogens is 3. The molecule has 7 heteroatoms. The lowest BCUT2D eigenvalue weighted by Crippen LogP contribution is -2.17. The molecule has 4 nitrogen and oxygen atoms in total. The van der Waals surface area contributed by atoms with Gasteiger partial charge < -0.3 is 15.7 Å². The van der Waals surface area contributed by atoms with Crippen LogP contribution in [0.1, 0.15) is 11.1 Å². The molecule has 0 aliphatic rings. The van der Waals surface area contributed by atoms with Crippen LogP contribution in [0.5, 0.6) is 5.75 Å². The SMILES string of the molecule is NC(=NO)c1cc(F)ccc1COc1cccc(F)c1F. The highest BCUT2D eigenvalue weighted by Gasteiger charge is 2.12. The lowest BCUT2D eigenvalue weighted by Gasteiger charge is -2.11. The Kier molecular flexibility index (Phi) is 4.32. The predicted octanol–water partition coefficient (Wildman–Crippen LogP) is 2.78. The minimum atomic E-state index is -1.12. The zero-order valence-corrected chi connectivity index (χ0v) is 10.7. The molecule has 2 aromatic carbocycles. The predicted molar refractivity (Wildman–Crippen MR) is 69.6 cm³/mol. The largest absolute Gasteiger partial charge is 0.486 e. The summed E-state index contributed by atoms with van der Waals surface area (Å²) < 4.78 is 44.8. The van der Waals surface area contributed by atoms with Gasteiger partial charge in [-0.2, -0.15) is 4.39 Å². The van der Waals surface area contributed by atoms with Gasteiger partial charge in [-0.15, -0.1) is 0 Å². The molecule has 0 aromatic heterocycles. The van der Waals surface area contributed by atoms with E-state index >= 15 is 0 Å². The third-order valence-electron chi connectivity index (χ3n) is 2.75. The summed E-state index contributed by atoms with van der Waals surface area (Å²) in [5.41, 5.74) is 5.89. The molecule has 0 spiro atoms. The molecular weight excluding hydrogens is 285 g/mol. The molecule has 0 saturated heterocycles. The van der Waals surface area contributed by atoms with Crippen LogP contribution < -0.4 is 10.5 Å². The van der Waals surface area contributed by atoms with Crippen molar-refractivity contribution in [2.24, 2.45) is 10.9 Å². The van der Waals surface area contributed by atoms with E-state index in [1.54, 1.807) is 0 Å². The van der Waals surface area contributed by atoms with Crippen molar-refractivity contribution in [1.82, 2.24) is 0 Å². The van der Waals surface area contributed by atoms with Crippen molar-refractivity contribution in [2.75, 3.05) is 0 Å². The summed E-state index contributed by atoms with van der Waals surface area (Å²) in [5, 5.41) is 11.4. The molecule has 0 radical (unpaired) electrons. The first kappa shape index (κ1) is 14.7. The number of ether oxygens (including phenoxy) is 1. The fraction of sp³-hybridized carbons (Fsp3) is 0.0714. The molecule has 0 atom stereocenters. The standard InChI is InChI=1S/C14H11F3N2O2/c15-9-5-4-8(10(6-9)14(18)19-20)7-21-12-3-1-2-11(16)13(12)17/h1-6,20H,7H2,(H2,18,19). The van der Waals surface area contributed by atoms with Crippen molar-refractivity contribution in [3.8, 4) is 5.75 Å². The lowest BCUT2D eigenvalue weighted by atomic mass is 10.1. The zero-order chi connectivity index (χ0) is 15.4. The molecule has 3 N–H and O–H groups in total. The highest BCUT2D eigenvalue weighted by molar-refractivity contribution is 5.98. The van der Waals surface area contributed by atoms with Gasteiger partial charge in [0.2, 0.25) is 5.82 Å². The van der Waals surface area contributed by atoms with Crippen LogP contribution in [0.15, 0.2) is 41.6 Å². The molecule has 0 fully saturated rings. The third-order valence-corrected chi connectivity index (χ3v) is 2.75. The smallest absolute Gasteiger partial charge is 0.200 e. The second kappa shape index (κ2) is 6.17. The number of hydrogen-bond acceptors (Lipinski definition) is 3. The summed E-state index contributed by atoms with van der Waals surface area (Å²) in [5.74, 6) is -3.34. The second-order valence-corrected chi connectivity index (χ2v) is 4.13. The molecule has 2 rings (SSSR count). The number of rotatable bonds is 4. The van der Waals surface area contributed by atoms with Crippen LogP contribution in [0, 0.1) is 17.5 Å². The Balaban J connectivity index is 2.26. The lowest BCUT2D eigenvalue weighted by molar-refractivity contribution is 0.284. The van der Waals surface area contributed by atoms with Crippen LogP contribution in [-0.4, -0.2) is 11.0 Å². The fourth-order valence-corrected chi connectivity index (χ4v) is 1.72. The Bertz CT molecular complexity index is 690. The van der Waals surface area contributed by atoms with E-state index in [-0.39, 0.29) is 23.8 Å². The first-order valence-electron chi connectivity index (χ1n) is 5.86. The Labute approximate surface area is 118 Å². The highest BCUT2D eigenvalue weighted by Crippen LogP contribution is 2.21. The second-order valence-electron chi connectivity index (χ2n) is 4.13. The van der Waals surface area contributed by atoms with Crippen molar-refractivity contribution in [1.29, 1.82) is 0 Å². The number of oxime groups is 1. The number of amidine groups is 1. The molecule has 0 aliphatic heterocycles. The molecule has 0 amide bonds. The number of hydrogen-bond donors (Lipinski definition) is 2. The molecule has 21 heavy (non-hydrogen) atoms. The van der Waals surface area contributed by atoms with Gasteiger partial charge in [-0.1, -0.05) is 17.3 Å². The summed E-state index contributed by atoms with van der Waals surface area (Å²) in [6, 6.07) is 7.06. The molecule has 0 saturated carbocycles. The molecule has 0 bridgehead atoms. The molecule has 110 valence electrons. The van der Waals surface area contributed by atoms with Crippen molar-refractivity contribution >= 4 is 5.84 Å². The van der Waals surface area contributed by atoms with Gasteiger partial charge in [0.15, 0.2) is 17.4 Å².